The van der Waals surface area contributed by atoms with Crippen molar-refractivity contribution in [2.45, 2.75) is 25.4 Å². The van der Waals surface area contributed by atoms with Gasteiger partial charge in [-0.15, -0.1) is 0 Å². The van der Waals surface area contributed by atoms with Crippen LogP contribution in [0.15, 0.2) is 47.4 Å². The minimum absolute atomic E-state index is 0.126. The number of carbonyl (C=O) groups excluding carboxylic acids is 1. The highest BCUT2D eigenvalue weighted by molar-refractivity contribution is 6.01. The highest BCUT2D eigenvalue weighted by atomic mass is 16.5. The second-order valence-corrected chi connectivity index (χ2v) is 9.31. The maximum absolute atomic E-state index is 13.4. The molecule has 1 amide bonds. The number of ether oxygens (including phenoxy) is 1. The molecule has 0 radical (unpaired) electrons. The van der Waals surface area contributed by atoms with E-state index >= 15 is 0 Å². The highest BCUT2D eigenvalue weighted by Crippen LogP contribution is 2.45. The molecule has 8 nitrogen and oxygen atoms in total. The first-order valence-corrected chi connectivity index (χ1v) is 12.0. The second kappa shape index (κ2) is 8.45. The van der Waals surface area contributed by atoms with Crippen LogP contribution in [0.2, 0.25) is 0 Å². The molecule has 0 aliphatic carbocycles. The van der Waals surface area contributed by atoms with Crippen LogP contribution in [0.1, 0.15) is 29.6 Å². The molecule has 2 fully saturated rings. The van der Waals surface area contributed by atoms with Crippen LogP contribution in [0, 0.1) is 0 Å². The fourth-order valence-electron chi connectivity index (χ4n) is 5.32. The Morgan fingerprint density at radius 3 is 2.71 bits per heavy atom. The number of aromatic nitrogens is 1. The van der Waals surface area contributed by atoms with Gasteiger partial charge >= 0.3 is 0 Å². The number of β-amino-alcohol motifs (C(OH)–C–C–N with tert-alkyl or cyclic N) is 1. The first-order chi connectivity index (χ1) is 16.6. The number of nitrogens with one attached hydrogen (secondary N) is 1. The lowest BCUT2D eigenvalue weighted by Crippen LogP contribution is -2.36. The number of aliphatic hydroxyl groups excluding tert-OH is 1. The van der Waals surface area contributed by atoms with Crippen LogP contribution in [0.3, 0.4) is 0 Å². The molecule has 2 N–H and O–H groups in total. The van der Waals surface area contributed by atoms with Gasteiger partial charge in [0.15, 0.2) is 11.5 Å². The number of rotatable bonds is 5. The van der Waals surface area contributed by atoms with E-state index in [9.17, 15) is 14.7 Å². The first-order valence-electron chi connectivity index (χ1n) is 12.0. The zero-order valence-corrected chi connectivity index (χ0v) is 19.0. The standard InChI is InChI=1S/C26H28N4O4/c31-17-9-13-29(15-17)21-8-7-18-23-25(21)34-22-6-2-1-5-20(22)30(23)16-19(24(18)32)26(33)27-10-14-28-11-3-4-12-28/h1-2,5-8,16-17,31H,3-4,9-15H2,(H,27,33). The largest absolute Gasteiger partial charge is 0.451 e. The Kier molecular flexibility index (Phi) is 5.27. The average Bonchev–Trinajstić information content (AvgIpc) is 3.52. The van der Waals surface area contributed by atoms with Gasteiger partial charge in [-0.05, 0) is 56.6 Å². The van der Waals surface area contributed by atoms with E-state index in [0.717, 1.165) is 31.0 Å². The van der Waals surface area contributed by atoms with Gasteiger partial charge < -0.3 is 29.5 Å². The summed E-state index contributed by atoms with van der Waals surface area (Å²) in [7, 11) is 0. The molecule has 0 bridgehead atoms. The molecule has 1 aromatic heterocycles. The van der Waals surface area contributed by atoms with Crippen LogP contribution in [0.4, 0.5) is 5.69 Å². The van der Waals surface area contributed by atoms with Crippen LogP contribution in [-0.4, -0.2) is 65.9 Å². The number of anilines is 1. The Morgan fingerprint density at radius 1 is 1.09 bits per heavy atom. The molecule has 3 aromatic rings. The third-order valence-electron chi connectivity index (χ3n) is 7.10. The molecule has 6 rings (SSSR count). The Morgan fingerprint density at radius 2 is 1.91 bits per heavy atom. The van der Waals surface area contributed by atoms with E-state index in [0.29, 0.717) is 48.5 Å². The summed E-state index contributed by atoms with van der Waals surface area (Å²) in [6, 6.07) is 11.3. The molecule has 176 valence electrons. The van der Waals surface area contributed by atoms with Crippen molar-refractivity contribution in [1.29, 1.82) is 0 Å². The molecule has 2 aromatic carbocycles. The fraction of sp³-hybridized carbons (Fsp3) is 0.385. The summed E-state index contributed by atoms with van der Waals surface area (Å²) in [6.07, 6.45) is 4.35. The van der Waals surface area contributed by atoms with Gasteiger partial charge in [-0.25, -0.2) is 0 Å². The average molecular weight is 461 g/mol. The van der Waals surface area contributed by atoms with E-state index < -0.39 is 0 Å². The monoisotopic (exact) mass is 460 g/mol. The number of para-hydroxylation sites is 2. The number of amides is 1. The molecule has 4 heterocycles. The minimum atomic E-state index is -0.382. The molecule has 3 aliphatic heterocycles. The normalized spacial score (nSPS) is 19.3. The van der Waals surface area contributed by atoms with Crippen LogP contribution in [-0.2, 0) is 0 Å². The number of aliphatic hydroxyl groups is 1. The van der Waals surface area contributed by atoms with Crippen molar-refractivity contribution in [1.82, 2.24) is 14.8 Å². The van der Waals surface area contributed by atoms with Gasteiger partial charge in [0.25, 0.3) is 5.91 Å². The lowest BCUT2D eigenvalue weighted by atomic mass is 10.1. The van der Waals surface area contributed by atoms with Gasteiger partial charge in [-0.3, -0.25) is 9.59 Å². The van der Waals surface area contributed by atoms with Crippen molar-refractivity contribution < 1.29 is 14.6 Å². The van der Waals surface area contributed by atoms with Crippen LogP contribution in [0.25, 0.3) is 16.6 Å². The van der Waals surface area contributed by atoms with Crippen molar-refractivity contribution in [2.24, 2.45) is 0 Å². The topological polar surface area (TPSA) is 87.0 Å². The summed E-state index contributed by atoms with van der Waals surface area (Å²) < 4.78 is 8.22. The third-order valence-corrected chi connectivity index (χ3v) is 7.10. The fourth-order valence-corrected chi connectivity index (χ4v) is 5.32. The molecule has 8 heteroatoms. The van der Waals surface area contributed by atoms with Crippen LogP contribution >= 0.6 is 0 Å². The smallest absolute Gasteiger partial charge is 0.256 e. The molecule has 1 unspecified atom stereocenters. The Labute approximate surface area is 197 Å². The number of nitrogens with zero attached hydrogens (tertiary/aromatic N) is 3. The Hall–Kier alpha value is -3.36. The SMILES string of the molecule is O=C(NCCN1CCCC1)c1cn2c3c(c(N4CCC(O)C4)ccc3c1=O)Oc1ccccc1-2. The summed E-state index contributed by atoms with van der Waals surface area (Å²) in [6.45, 7) is 4.66. The predicted octanol–water partition coefficient (Wildman–Crippen LogP) is 2.49. The summed E-state index contributed by atoms with van der Waals surface area (Å²) in [5, 5.41) is 13.4. The molecule has 34 heavy (non-hydrogen) atoms. The minimum Gasteiger partial charge on any atom is -0.451 e. The van der Waals surface area contributed by atoms with Crippen LogP contribution in [0.5, 0.6) is 11.5 Å². The third kappa shape index (κ3) is 3.54. The van der Waals surface area contributed by atoms with Crippen molar-refractivity contribution in [3.63, 3.8) is 0 Å². The van der Waals surface area contributed by atoms with Gasteiger partial charge in [-0.1, -0.05) is 12.1 Å². The molecule has 2 saturated heterocycles. The maximum atomic E-state index is 13.4. The quantitative estimate of drug-likeness (QED) is 0.476. The number of fused-ring (bicyclic) bond motifs is 2. The summed E-state index contributed by atoms with van der Waals surface area (Å²) in [5.74, 6) is 0.892. The number of hydrogen-bond acceptors (Lipinski definition) is 6. The Balaban J connectivity index is 1.43. The van der Waals surface area contributed by atoms with Crippen molar-refractivity contribution in [3.05, 3.63) is 58.4 Å². The zero-order valence-electron chi connectivity index (χ0n) is 19.0. The molecule has 0 saturated carbocycles. The molecule has 3 aliphatic rings. The lowest BCUT2D eigenvalue weighted by Gasteiger charge is -2.28. The van der Waals surface area contributed by atoms with Crippen molar-refractivity contribution in [3.8, 4) is 17.2 Å². The van der Waals surface area contributed by atoms with Crippen molar-refractivity contribution in [2.75, 3.05) is 44.2 Å². The molecular weight excluding hydrogens is 432 g/mol. The predicted molar refractivity (Wildman–Crippen MR) is 130 cm³/mol. The van der Waals surface area contributed by atoms with Crippen LogP contribution < -0.4 is 20.4 Å². The van der Waals surface area contributed by atoms with E-state index in [1.54, 1.807) is 12.3 Å². The van der Waals surface area contributed by atoms with Gasteiger partial charge in [0.2, 0.25) is 5.43 Å². The lowest BCUT2D eigenvalue weighted by molar-refractivity contribution is 0.0948. The van der Waals surface area contributed by atoms with Gasteiger partial charge in [0, 0.05) is 32.4 Å². The summed E-state index contributed by atoms with van der Waals surface area (Å²) in [5.41, 5.74) is 2.10. The summed E-state index contributed by atoms with van der Waals surface area (Å²) in [4.78, 5) is 30.9. The molecule has 1 atom stereocenters. The van der Waals surface area contributed by atoms with Gasteiger partial charge in [0.1, 0.15) is 11.1 Å². The zero-order chi connectivity index (χ0) is 23.2. The number of benzene rings is 2. The van der Waals surface area contributed by atoms with E-state index in [1.807, 2.05) is 34.9 Å². The second-order valence-electron chi connectivity index (χ2n) is 9.31. The number of carbonyl (C=O) groups is 1. The first kappa shape index (κ1) is 21.2. The highest BCUT2D eigenvalue weighted by Gasteiger charge is 2.30. The van der Waals surface area contributed by atoms with Gasteiger partial charge in [-0.2, -0.15) is 0 Å². The molecule has 0 spiro atoms. The van der Waals surface area contributed by atoms with Crippen molar-refractivity contribution >= 4 is 22.5 Å². The van der Waals surface area contributed by atoms with E-state index in [4.69, 9.17) is 4.74 Å². The Bertz CT molecular complexity index is 1330. The van der Waals surface area contributed by atoms with E-state index in [1.165, 1.54) is 12.8 Å². The molecular formula is C26H28N4O4. The van der Waals surface area contributed by atoms with E-state index in [2.05, 4.69) is 15.1 Å². The maximum Gasteiger partial charge on any atom is 0.256 e. The van der Waals surface area contributed by atoms with E-state index in [-0.39, 0.29) is 23.0 Å². The number of hydrogen-bond donors (Lipinski definition) is 2. The number of pyridine rings is 1. The van der Waals surface area contributed by atoms with Gasteiger partial charge in [0.05, 0.1) is 22.9 Å². The summed E-state index contributed by atoms with van der Waals surface area (Å²) >= 11 is 0. The number of likely N-dealkylation sites (tertiary alicyclic amines) is 1.